The average Bonchev–Trinajstić information content (AvgIpc) is 2.06. The molecule has 0 heterocycles. The monoisotopic (exact) mass is 201 g/mol. The molecular weight excluding hydrogens is 192 g/mol. The molecule has 0 N–H and O–H groups in total. The zero-order chi connectivity index (χ0) is 10.6. The molecular formula is C9H9BF3O. The minimum Gasteiger partial charge on any atom is -0.406 e. The summed E-state index contributed by atoms with van der Waals surface area (Å²) in [5.74, 6) is -0.183. The lowest BCUT2D eigenvalue weighted by Crippen LogP contribution is -2.17. The van der Waals surface area contributed by atoms with Crippen LogP contribution in [0, 0.1) is 0 Å². The van der Waals surface area contributed by atoms with Crippen LogP contribution in [0.5, 0.6) is 5.75 Å². The molecule has 1 aromatic carbocycles. The third kappa shape index (κ3) is 3.72. The molecule has 0 saturated heterocycles. The number of hydrogen-bond donors (Lipinski definition) is 0. The first-order valence-corrected chi connectivity index (χ1v) is 4.14. The Labute approximate surface area is 81.1 Å². The van der Waals surface area contributed by atoms with Gasteiger partial charge in [-0.25, -0.2) is 0 Å². The summed E-state index contributed by atoms with van der Waals surface area (Å²) in [6, 6.07) is 5.85. The number of halogens is 3. The highest BCUT2D eigenvalue weighted by atomic mass is 19.4. The van der Waals surface area contributed by atoms with Crippen LogP contribution in [0.15, 0.2) is 24.3 Å². The predicted molar refractivity (Wildman–Crippen MR) is 48.4 cm³/mol. The fraction of sp³-hybridized carbons (Fsp3) is 0.333. The van der Waals surface area contributed by atoms with Gasteiger partial charge in [0, 0.05) is 0 Å². The summed E-state index contributed by atoms with van der Waals surface area (Å²) >= 11 is 0. The summed E-state index contributed by atoms with van der Waals surface area (Å²) in [6.07, 6.45) is -3.87. The maximum absolute atomic E-state index is 11.8. The standard InChI is InChI=1S/C9H9BF3O/c1-10-6-7-2-4-8(5-3-7)14-9(11,12)13/h2-5H,6H2,1H3. The normalized spacial score (nSPS) is 11.1. The van der Waals surface area contributed by atoms with E-state index >= 15 is 0 Å². The molecule has 14 heavy (non-hydrogen) atoms. The van der Waals surface area contributed by atoms with Crippen LogP contribution in [0.2, 0.25) is 6.82 Å². The summed E-state index contributed by atoms with van der Waals surface area (Å²) in [6.45, 7) is 1.89. The van der Waals surface area contributed by atoms with Crippen LogP contribution in [0.4, 0.5) is 13.2 Å². The van der Waals surface area contributed by atoms with E-state index in [-0.39, 0.29) is 5.75 Å². The van der Waals surface area contributed by atoms with Gasteiger partial charge < -0.3 is 4.74 Å². The fourth-order valence-electron chi connectivity index (χ4n) is 1.06. The second-order valence-electron chi connectivity index (χ2n) is 2.80. The van der Waals surface area contributed by atoms with Crippen molar-refractivity contribution in [1.82, 2.24) is 0 Å². The van der Waals surface area contributed by atoms with E-state index in [0.29, 0.717) is 0 Å². The van der Waals surface area contributed by atoms with Gasteiger partial charge in [0.05, 0.1) is 0 Å². The van der Waals surface area contributed by atoms with Gasteiger partial charge in [-0.1, -0.05) is 30.8 Å². The lowest BCUT2D eigenvalue weighted by Gasteiger charge is -2.08. The van der Waals surface area contributed by atoms with E-state index in [1.807, 2.05) is 14.1 Å². The van der Waals surface area contributed by atoms with E-state index in [4.69, 9.17) is 0 Å². The second-order valence-corrected chi connectivity index (χ2v) is 2.80. The Morgan fingerprint density at radius 3 is 2.21 bits per heavy atom. The Hall–Kier alpha value is -1.13. The van der Waals surface area contributed by atoms with Gasteiger partial charge in [-0.3, -0.25) is 0 Å². The maximum atomic E-state index is 11.8. The fourth-order valence-corrected chi connectivity index (χ4v) is 1.06. The molecule has 0 saturated carbocycles. The molecule has 0 bridgehead atoms. The molecule has 1 aromatic rings. The summed E-state index contributed by atoms with van der Waals surface area (Å²) < 4.78 is 39.0. The van der Waals surface area contributed by atoms with Gasteiger partial charge in [-0.15, -0.1) is 13.2 Å². The molecule has 0 aliphatic rings. The van der Waals surface area contributed by atoms with Crippen molar-refractivity contribution in [3.05, 3.63) is 29.8 Å². The Balaban J connectivity index is 2.64. The zero-order valence-corrected chi connectivity index (χ0v) is 7.64. The zero-order valence-electron chi connectivity index (χ0n) is 7.64. The second kappa shape index (κ2) is 4.40. The minimum atomic E-state index is -4.61. The molecule has 1 nitrogen and oxygen atoms in total. The van der Waals surface area contributed by atoms with E-state index in [9.17, 15) is 13.2 Å². The van der Waals surface area contributed by atoms with Crippen LogP contribution in [0.1, 0.15) is 5.56 Å². The quantitative estimate of drug-likeness (QED) is 0.683. The Morgan fingerprint density at radius 2 is 1.79 bits per heavy atom. The van der Waals surface area contributed by atoms with Gasteiger partial charge in [0.1, 0.15) is 13.0 Å². The van der Waals surface area contributed by atoms with Crippen molar-refractivity contribution < 1.29 is 17.9 Å². The third-order valence-electron chi connectivity index (χ3n) is 1.60. The van der Waals surface area contributed by atoms with Crippen LogP contribution < -0.4 is 4.74 Å². The van der Waals surface area contributed by atoms with E-state index in [0.717, 1.165) is 11.9 Å². The highest BCUT2D eigenvalue weighted by Crippen LogP contribution is 2.22. The van der Waals surface area contributed by atoms with Gasteiger partial charge >= 0.3 is 6.36 Å². The van der Waals surface area contributed by atoms with Crippen LogP contribution in [-0.2, 0) is 6.32 Å². The molecule has 75 valence electrons. The molecule has 0 aliphatic carbocycles. The largest absolute Gasteiger partial charge is 0.573 e. The molecule has 1 radical (unpaired) electrons. The summed E-state index contributed by atoms with van der Waals surface area (Å²) in [5, 5.41) is 0. The van der Waals surface area contributed by atoms with Gasteiger partial charge in [0.15, 0.2) is 0 Å². The number of rotatable bonds is 3. The molecule has 0 spiro atoms. The Bertz CT molecular complexity index is 281. The number of benzene rings is 1. The van der Waals surface area contributed by atoms with E-state index in [1.165, 1.54) is 12.1 Å². The van der Waals surface area contributed by atoms with Crippen LogP contribution in [0.25, 0.3) is 0 Å². The number of ether oxygens (including phenoxy) is 1. The highest BCUT2D eigenvalue weighted by molar-refractivity contribution is 6.32. The van der Waals surface area contributed by atoms with E-state index < -0.39 is 6.36 Å². The van der Waals surface area contributed by atoms with Crippen molar-refractivity contribution in [3.8, 4) is 5.75 Å². The van der Waals surface area contributed by atoms with Crippen molar-refractivity contribution >= 4 is 7.28 Å². The molecule has 0 aliphatic heterocycles. The molecule has 0 atom stereocenters. The van der Waals surface area contributed by atoms with E-state index in [2.05, 4.69) is 4.74 Å². The average molecular weight is 201 g/mol. The van der Waals surface area contributed by atoms with Crippen molar-refractivity contribution in [2.45, 2.75) is 19.5 Å². The number of alkyl halides is 3. The first kappa shape index (κ1) is 11.0. The highest BCUT2D eigenvalue weighted by Gasteiger charge is 2.30. The topological polar surface area (TPSA) is 9.23 Å². The lowest BCUT2D eigenvalue weighted by molar-refractivity contribution is -0.274. The van der Waals surface area contributed by atoms with Gasteiger partial charge in [-0.2, -0.15) is 0 Å². The maximum Gasteiger partial charge on any atom is 0.573 e. The molecule has 0 fully saturated rings. The minimum absolute atomic E-state index is 0.183. The van der Waals surface area contributed by atoms with Crippen molar-refractivity contribution in [3.63, 3.8) is 0 Å². The van der Waals surface area contributed by atoms with Crippen LogP contribution in [0.3, 0.4) is 0 Å². The summed E-state index contributed by atoms with van der Waals surface area (Å²) in [7, 11) is 1.93. The number of hydrogen-bond acceptors (Lipinski definition) is 1. The first-order chi connectivity index (χ1) is 6.51. The van der Waals surface area contributed by atoms with Gasteiger partial charge in [0.2, 0.25) is 0 Å². The Morgan fingerprint density at radius 1 is 1.21 bits per heavy atom. The molecule has 5 heteroatoms. The van der Waals surface area contributed by atoms with Crippen LogP contribution >= 0.6 is 0 Å². The smallest absolute Gasteiger partial charge is 0.406 e. The molecule has 0 amide bonds. The third-order valence-corrected chi connectivity index (χ3v) is 1.60. The summed E-state index contributed by atoms with van der Waals surface area (Å²) in [4.78, 5) is 0. The molecule has 1 rings (SSSR count). The van der Waals surface area contributed by atoms with Crippen LogP contribution in [-0.4, -0.2) is 13.6 Å². The predicted octanol–water partition coefficient (Wildman–Crippen LogP) is 2.84. The van der Waals surface area contributed by atoms with Crippen molar-refractivity contribution in [2.75, 3.05) is 0 Å². The van der Waals surface area contributed by atoms with Gasteiger partial charge in [-0.05, 0) is 12.1 Å². The molecule has 0 aromatic heterocycles. The van der Waals surface area contributed by atoms with Gasteiger partial charge in [0.25, 0.3) is 0 Å². The van der Waals surface area contributed by atoms with E-state index in [1.54, 1.807) is 12.1 Å². The Kier molecular flexibility index (Phi) is 3.44. The SMILES string of the molecule is C[B]Cc1ccc(OC(F)(F)F)cc1. The molecule has 0 unspecified atom stereocenters. The summed E-state index contributed by atoms with van der Waals surface area (Å²) in [5.41, 5.74) is 0.960. The first-order valence-electron chi connectivity index (χ1n) is 4.14. The van der Waals surface area contributed by atoms with Crippen molar-refractivity contribution in [2.24, 2.45) is 0 Å². The van der Waals surface area contributed by atoms with Crippen molar-refractivity contribution in [1.29, 1.82) is 0 Å². The lowest BCUT2D eigenvalue weighted by atomic mass is 9.75.